The highest BCUT2D eigenvalue weighted by atomic mass is 35.5. The van der Waals surface area contributed by atoms with E-state index in [4.69, 9.17) is 17.3 Å². The molecule has 0 atom stereocenters. The van der Waals surface area contributed by atoms with E-state index in [0.29, 0.717) is 16.4 Å². The second-order valence-corrected chi connectivity index (χ2v) is 4.59. The van der Waals surface area contributed by atoms with Crippen molar-refractivity contribution in [3.8, 4) is 0 Å². The summed E-state index contributed by atoms with van der Waals surface area (Å²) in [6, 6.07) is 7.89. The molecule has 6 heteroatoms. The highest BCUT2D eigenvalue weighted by Gasteiger charge is 2.09. The van der Waals surface area contributed by atoms with E-state index in [2.05, 4.69) is 10.3 Å². The molecule has 2 aromatic rings. The Hall–Kier alpha value is -2.40. The molecule has 5 nitrogen and oxygen atoms in total. The number of nitrogens with one attached hydrogen (secondary N) is 1. The molecule has 1 heterocycles. The molecule has 2 rings (SSSR count). The van der Waals surface area contributed by atoms with E-state index in [1.54, 1.807) is 31.2 Å². The number of amides is 2. The normalized spacial score (nSPS) is 10.1. The number of benzene rings is 1. The Labute approximate surface area is 120 Å². The Kier molecular flexibility index (Phi) is 4.00. The van der Waals surface area contributed by atoms with E-state index in [1.165, 1.54) is 12.3 Å². The molecule has 1 aromatic carbocycles. The maximum atomic E-state index is 12.1. The van der Waals surface area contributed by atoms with Gasteiger partial charge >= 0.3 is 0 Å². The third-order valence-corrected chi connectivity index (χ3v) is 3.08. The summed E-state index contributed by atoms with van der Waals surface area (Å²) in [5.41, 5.74) is 7.09. The number of carbonyl (C=O) groups excluding carboxylic acids is 2. The Morgan fingerprint density at radius 2 is 1.95 bits per heavy atom. The summed E-state index contributed by atoms with van der Waals surface area (Å²) in [5, 5.41) is 3.07. The lowest BCUT2D eigenvalue weighted by Crippen LogP contribution is -2.15. The van der Waals surface area contributed by atoms with Crippen molar-refractivity contribution in [3.05, 3.63) is 58.4 Å². The minimum absolute atomic E-state index is 0.281. The van der Waals surface area contributed by atoms with E-state index >= 15 is 0 Å². The summed E-state index contributed by atoms with van der Waals surface area (Å²) in [5.74, 6) is -0.930. The van der Waals surface area contributed by atoms with Crippen molar-refractivity contribution < 1.29 is 9.59 Å². The number of pyridine rings is 1. The molecule has 0 saturated heterocycles. The van der Waals surface area contributed by atoms with Crippen molar-refractivity contribution in [1.29, 1.82) is 0 Å². The molecular formula is C14H12ClN3O2. The summed E-state index contributed by atoms with van der Waals surface area (Å²) in [6.07, 6.45) is 1.46. The van der Waals surface area contributed by atoms with Crippen molar-refractivity contribution in [1.82, 2.24) is 4.98 Å². The monoisotopic (exact) mass is 289 g/mol. The number of aromatic nitrogens is 1. The van der Waals surface area contributed by atoms with E-state index in [9.17, 15) is 9.59 Å². The number of hydrogen-bond acceptors (Lipinski definition) is 3. The SMILES string of the molecule is Cc1cc(NC(=O)c2cccc(C(N)=O)c2)cnc1Cl. The molecule has 20 heavy (non-hydrogen) atoms. The highest BCUT2D eigenvalue weighted by Crippen LogP contribution is 2.17. The summed E-state index contributed by atoms with van der Waals surface area (Å²) < 4.78 is 0. The van der Waals surface area contributed by atoms with Crippen LogP contribution in [0.25, 0.3) is 0 Å². The average molecular weight is 290 g/mol. The Morgan fingerprint density at radius 1 is 1.25 bits per heavy atom. The fourth-order valence-electron chi connectivity index (χ4n) is 1.64. The zero-order valence-corrected chi connectivity index (χ0v) is 11.4. The van der Waals surface area contributed by atoms with E-state index in [1.807, 2.05) is 0 Å². The van der Waals surface area contributed by atoms with Gasteiger partial charge in [0.25, 0.3) is 5.91 Å². The topological polar surface area (TPSA) is 85.1 Å². The number of primary amides is 1. The lowest BCUT2D eigenvalue weighted by Gasteiger charge is -2.07. The number of hydrogen-bond donors (Lipinski definition) is 2. The lowest BCUT2D eigenvalue weighted by atomic mass is 10.1. The van der Waals surface area contributed by atoms with Gasteiger partial charge in [0.2, 0.25) is 5.91 Å². The minimum Gasteiger partial charge on any atom is -0.366 e. The number of aryl methyl sites for hydroxylation is 1. The first-order chi connectivity index (χ1) is 9.47. The van der Waals surface area contributed by atoms with Crippen molar-refractivity contribution in [2.24, 2.45) is 5.73 Å². The average Bonchev–Trinajstić information content (AvgIpc) is 2.43. The summed E-state index contributed by atoms with van der Waals surface area (Å²) in [7, 11) is 0. The van der Waals surface area contributed by atoms with Gasteiger partial charge in [0.1, 0.15) is 5.15 Å². The van der Waals surface area contributed by atoms with E-state index in [0.717, 1.165) is 5.56 Å². The van der Waals surface area contributed by atoms with Crippen LogP contribution < -0.4 is 11.1 Å². The number of rotatable bonds is 3. The second-order valence-electron chi connectivity index (χ2n) is 4.23. The van der Waals surface area contributed by atoms with Crippen LogP contribution in [0.4, 0.5) is 5.69 Å². The number of halogens is 1. The second kappa shape index (κ2) is 5.71. The molecule has 3 N–H and O–H groups in total. The van der Waals surface area contributed by atoms with Gasteiger partial charge in [-0.15, -0.1) is 0 Å². The first kappa shape index (κ1) is 14.0. The van der Waals surface area contributed by atoms with Crippen molar-refractivity contribution in [2.45, 2.75) is 6.92 Å². The lowest BCUT2D eigenvalue weighted by molar-refractivity contribution is 0.1000. The zero-order chi connectivity index (χ0) is 14.7. The molecule has 0 bridgehead atoms. The molecule has 0 aliphatic carbocycles. The molecule has 0 unspecified atom stereocenters. The quantitative estimate of drug-likeness (QED) is 0.851. The number of nitrogens with two attached hydrogens (primary N) is 1. The predicted octanol–water partition coefficient (Wildman–Crippen LogP) is 2.39. The smallest absolute Gasteiger partial charge is 0.255 e. The predicted molar refractivity (Wildman–Crippen MR) is 76.9 cm³/mol. The van der Waals surface area contributed by atoms with Gasteiger partial charge in [-0.1, -0.05) is 17.7 Å². The van der Waals surface area contributed by atoms with Crippen LogP contribution in [0.5, 0.6) is 0 Å². The molecule has 0 aliphatic rings. The Balaban J connectivity index is 2.21. The molecule has 0 saturated carbocycles. The molecule has 102 valence electrons. The van der Waals surface area contributed by atoms with Gasteiger partial charge < -0.3 is 11.1 Å². The Bertz CT molecular complexity index is 686. The van der Waals surface area contributed by atoms with Gasteiger partial charge in [-0.05, 0) is 36.8 Å². The first-order valence-corrected chi connectivity index (χ1v) is 6.18. The van der Waals surface area contributed by atoms with Crippen LogP contribution in [0, 0.1) is 6.92 Å². The molecule has 2 amide bonds. The largest absolute Gasteiger partial charge is 0.366 e. The minimum atomic E-state index is -0.580. The van der Waals surface area contributed by atoms with Crippen LogP contribution >= 0.6 is 11.6 Å². The summed E-state index contributed by atoms with van der Waals surface area (Å²) >= 11 is 5.81. The highest BCUT2D eigenvalue weighted by molar-refractivity contribution is 6.30. The number of nitrogens with zero attached hydrogens (tertiary/aromatic N) is 1. The standard InChI is InChI=1S/C14H12ClN3O2/c1-8-5-11(7-17-12(8)15)18-14(20)10-4-2-3-9(6-10)13(16)19/h2-7H,1H3,(H2,16,19)(H,18,20). The molecular weight excluding hydrogens is 278 g/mol. The van der Waals surface area contributed by atoms with Crippen molar-refractivity contribution >= 4 is 29.1 Å². The van der Waals surface area contributed by atoms with Gasteiger partial charge in [0.05, 0.1) is 11.9 Å². The third kappa shape index (κ3) is 3.13. The van der Waals surface area contributed by atoms with Gasteiger partial charge in [-0.2, -0.15) is 0 Å². The molecule has 0 fully saturated rings. The molecule has 1 aromatic heterocycles. The summed E-state index contributed by atoms with van der Waals surface area (Å²) in [4.78, 5) is 27.1. The molecule has 0 aliphatic heterocycles. The maximum Gasteiger partial charge on any atom is 0.255 e. The van der Waals surface area contributed by atoms with Crippen LogP contribution in [0.3, 0.4) is 0 Å². The van der Waals surface area contributed by atoms with Gasteiger partial charge in [0, 0.05) is 11.1 Å². The molecule has 0 spiro atoms. The summed E-state index contributed by atoms with van der Waals surface area (Å²) in [6.45, 7) is 1.79. The van der Waals surface area contributed by atoms with Gasteiger partial charge in [0.15, 0.2) is 0 Å². The maximum absolute atomic E-state index is 12.1. The van der Waals surface area contributed by atoms with Crippen LogP contribution in [-0.2, 0) is 0 Å². The third-order valence-electron chi connectivity index (χ3n) is 2.68. The van der Waals surface area contributed by atoms with Crippen LogP contribution in [0.2, 0.25) is 5.15 Å². The van der Waals surface area contributed by atoms with Crippen LogP contribution in [-0.4, -0.2) is 16.8 Å². The van der Waals surface area contributed by atoms with Crippen molar-refractivity contribution in [2.75, 3.05) is 5.32 Å². The fourth-order valence-corrected chi connectivity index (χ4v) is 1.75. The Morgan fingerprint density at radius 3 is 2.60 bits per heavy atom. The van der Waals surface area contributed by atoms with Crippen molar-refractivity contribution in [3.63, 3.8) is 0 Å². The fraction of sp³-hybridized carbons (Fsp3) is 0.0714. The zero-order valence-electron chi connectivity index (χ0n) is 10.7. The van der Waals surface area contributed by atoms with Crippen LogP contribution in [0.1, 0.15) is 26.3 Å². The first-order valence-electron chi connectivity index (χ1n) is 5.81. The van der Waals surface area contributed by atoms with Gasteiger partial charge in [-0.25, -0.2) is 4.98 Å². The van der Waals surface area contributed by atoms with Gasteiger partial charge in [-0.3, -0.25) is 9.59 Å². The number of anilines is 1. The number of carbonyl (C=O) groups is 2. The van der Waals surface area contributed by atoms with Crippen LogP contribution in [0.15, 0.2) is 36.5 Å². The van der Waals surface area contributed by atoms with E-state index < -0.39 is 5.91 Å². The van der Waals surface area contributed by atoms with E-state index in [-0.39, 0.29) is 11.5 Å². The molecule has 0 radical (unpaired) electrons.